The molecule has 2 N–H and O–H groups in total. The molecule has 1 aliphatic carbocycles. The zero-order valence-electron chi connectivity index (χ0n) is 10.6. The molecular formula is C13H23N3O. The highest BCUT2D eigenvalue weighted by atomic mass is 16.3. The molecule has 1 fully saturated rings. The second-order valence-corrected chi connectivity index (χ2v) is 4.97. The van der Waals surface area contributed by atoms with Gasteiger partial charge >= 0.3 is 0 Å². The molecule has 4 heteroatoms. The molecular weight excluding hydrogens is 214 g/mol. The number of aryl methyl sites for hydroxylation is 1. The number of hydrogen-bond acceptors (Lipinski definition) is 3. The Morgan fingerprint density at radius 3 is 3.00 bits per heavy atom. The smallest absolute Gasteiger partial charge is 0.0534 e. The van der Waals surface area contributed by atoms with Gasteiger partial charge in [-0.1, -0.05) is 6.42 Å². The maximum atomic E-state index is 9.25. The van der Waals surface area contributed by atoms with Crippen LogP contribution in [0.5, 0.6) is 0 Å². The highest BCUT2D eigenvalue weighted by Crippen LogP contribution is 2.30. The molecule has 1 aromatic rings. The number of aromatic nitrogens is 2. The van der Waals surface area contributed by atoms with Crippen LogP contribution in [0.3, 0.4) is 0 Å². The Morgan fingerprint density at radius 2 is 2.29 bits per heavy atom. The summed E-state index contributed by atoms with van der Waals surface area (Å²) in [6.07, 6.45) is 7.73. The van der Waals surface area contributed by atoms with Gasteiger partial charge in [-0.15, -0.1) is 0 Å². The summed E-state index contributed by atoms with van der Waals surface area (Å²) in [6, 6.07) is 0. The number of aliphatic hydroxyl groups excluding tert-OH is 1. The van der Waals surface area contributed by atoms with Crippen molar-refractivity contribution >= 4 is 0 Å². The van der Waals surface area contributed by atoms with E-state index < -0.39 is 0 Å². The lowest BCUT2D eigenvalue weighted by Crippen LogP contribution is -2.26. The van der Waals surface area contributed by atoms with Gasteiger partial charge in [-0.05, 0) is 38.1 Å². The monoisotopic (exact) mass is 237 g/mol. The van der Waals surface area contributed by atoms with Crippen LogP contribution in [0.25, 0.3) is 0 Å². The van der Waals surface area contributed by atoms with E-state index in [4.69, 9.17) is 0 Å². The average Bonchev–Trinajstić information content (AvgIpc) is 2.97. The molecule has 0 aromatic carbocycles. The fraction of sp³-hybridized carbons (Fsp3) is 0.769. The van der Waals surface area contributed by atoms with Gasteiger partial charge in [0.1, 0.15) is 0 Å². The van der Waals surface area contributed by atoms with Gasteiger partial charge in [0.2, 0.25) is 0 Å². The molecule has 96 valence electrons. The SMILES string of the molecule is CCn1cc(CNCC2CCCC2CO)cn1. The Balaban J connectivity index is 1.72. The minimum Gasteiger partial charge on any atom is -0.396 e. The van der Waals surface area contributed by atoms with Crippen LogP contribution < -0.4 is 5.32 Å². The van der Waals surface area contributed by atoms with Crippen LogP contribution in [0.4, 0.5) is 0 Å². The lowest BCUT2D eigenvalue weighted by atomic mass is 9.97. The normalized spacial score (nSPS) is 24.4. The Morgan fingerprint density at radius 1 is 1.47 bits per heavy atom. The maximum Gasteiger partial charge on any atom is 0.0534 e. The van der Waals surface area contributed by atoms with Gasteiger partial charge in [0.15, 0.2) is 0 Å². The number of aliphatic hydroxyl groups is 1. The van der Waals surface area contributed by atoms with Crippen LogP contribution in [0.2, 0.25) is 0 Å². The number of nitrogens with zero attached hydrogens (tertiary/aromatic N) is 2. The van der Waals surface area contributed by atoms with E-state index in [1.54, 1.807) is 0 Å². The number of nitrogens with one attached hydrogen (secondary N) is 1. The minimum atomic E-state index is 0.347. The van der Waals surface area contributed by atoms with Crippen molar-refractivity contribution in [2.24, 2.45) is 11.8 Å². The first-order valence-corrected chi connectivity index (χ1v) is 6.66. The van der Waals surface area contributed by atoms with Crippen LogP contribution in [0.1, 0.15) is 31.7 Å². The predicted octanol–water partition coefficient (Wildman–Crippen LogP) is 1.40. The Kier molecular flexibility index (Phi) is 4.57. The van der Waals surface area contributed by atoms with E-state index in [1.807, 2.05) is 10.9 Å². The van der Waals surface area contributed by atoms with Crippen LogP contribution in [0.15, 0.2) is 12.4 Å². The summed E-state index contributed by atoms with van der Waals surface area (Å²) in [4.78, 5) is 0. The third-order valence-corrected chi connectivity index (χ3v) is 3.80. The zero-order valence-corrected chi connectivity index (χ0v) is 10.6. The predicted molar refractivity (Wildman–Crippen MR) is 67.5 cm³/mol. The minimum absolute atomic E-state index is 0.347. The molecule has 2 rings (SSSR count). The van der Waals surface area contributed by atoms with Gasteiger partial charge in [0, 0.05) is 31.5 Å². The van der Waals surface area contributed by atoms with Crippen molar-refractivity contribution in [1.29, 1.82) is 0 Å². The van der Waals surface area contributed by atoms with Gasteiger partial charge in [0.25, 0.3) is 0 Å². The summed E-state index contributed by atoms with van der Waals surface area (Å²) in [5, 5.41) is 17.0. The van der Waals surface area contributed by atoms with Crippen molar-refractivity contribution in [2.75, 3.05) is 13.2 Å². The lowest BCUT2D eigenvalue weighted by Gasteiger charge is -2.17. The van der Waals surface area contributed by atoms with Crippen molar-refractivity contribution in [3.05, 3.63) is 18.0 Å². The second-order valence-electron chi connectivity index (χ2n) is 4.97. The van der Waals surface area contributed by atoms with E-state index in [0.717, 1.165) is 19.6 Å². The highest BCUT2D eigenvalue weighted by molar-refractivity contribution is 5.03. The van der Waals surface area contributed by atoms with Crippen molar-refractivity contribution in [1.82, 2.24) is 15.1 Å². The van der Waals surface area contributed by atoms with E-state index in [1.165, 1.54) is 24.8 Å². The first-order valence-electron chi connectivity index (χ1n) is 6.66. The van der Waals surface area contributed by atoms with Crippen LogP contribution >= 0.6 is 0 Å². The molecule has 0 saturated heterocycles. The van der Waals surface area contributed by atoms with Gasteiger partial charge < -0.3 is 10.4 Å². The molecule has 0 radical (unpaired) electrons. The molecule has 1 heterocycles. The standard InChI is InChI=1S/C13H23N3O/c1-2-16-9-11(7-15-16)6-14-8-12-4-3-5-13(12)10-17/h7,9,12-14,17H,2-6,8,10H2,1H3. The van der Waals surface area contributed by atoms with Crippen molar-refractivity contribution in [3.8, 4) is 0 Å². The fourth-order valence-corrected chi connectivity index (χ4v) is 2.70. The third-order valence-electron chi connectivity index (χ3n) is 3.80. The largest absolute Gasteiger partial charge is 0.396 e. The molecule has 4 nitrogen and oxygen atoms in total. The van der Waals surface area contributed by atoms with Crippen LogP contribution in [-0.4, -0.2) is 28.0 Å². The van der Waals surface area contributed by atoms with Crippen molar-refractivity contribution in [3.63, 3.8) is 0 Å². The van der Waals surface area contributed by atoms with Crippen molar-refractivity contribution in [2.45, 2.75) is 39.3 Å². The molecule has 0 aliphatic heterocycles. The molecule has 2 atom stereocenters. The van der Waals surface area contributed by atoms with Gasteiger partial charge in [-0.3, -0.25) is 4.68 Å². The zero-order chi connectivity index (χ0) is 12.1. The van der Waals surface area contributed by atoms with E-state index in [9.17, 15) is 5.11 Å². The lowest BCUT2D eigenvalue weighted by molar-refractivity contribution is 0.192. The van der Waals surface area contributed by atoms with E-state index in [-0.39, 0.29) is 0 Å². The summed E-state index contributed by atoms with van der Waals surface area (Å²) in [5.74, 6) is 1.17. The van der Waals surface area contributed by atoms with E-state index >= 15 is 0 Å². The topological polar surface area (TPSA) is 50.1 Å². The van der Waals surface area contributed by atoms with Crippen LogP contribution in [0, 0.1) is 11.8 Å². The first-order chi connectivity index (χ1) is 8.33. The summed E-state index contributed by atoms with van der Waals surface area (Å²) in [5.41, 5.74) is 1.24. The van der Waals surface area contributed by atoms with Gasteiger partial charge in [-0.2, -0.15) is 5.10 Å². The molecule has 0 amide bonds. The highest BCUT2D eigenvalue weighted by Gasteiger charge is 2.25. The Hall–Kier alpha value is -0.870. The van der Waals surface area contributed by atoms with Crippen molar-refractivity contribution < 1.29 is 5.11 Å². The fourth-order valence-electron chi connectivity index (χ4n) is 2.70. The average molecular weight is 237 g/mol. The summed E-state index contributed by atoms with van der Waals surface area (Å²) >= 11 is 0. The summed E-state index contributed by atoms with van der Waals surface area (Å²) < 4.78 is 1.95. The Labute approximate surface area is 103 Å². The van der Waals surface area contributed by atoms with Crippen LogP contribution in [-0.2, 0) is 13.1 Å². The molecule has 1 saturated carbocycles. The Bertz CT molecular complexity index is 337. The number of rotatable bonds is 6. The third kappa shape index (κ3) is 3.30. The maximum absolute atomic E-state index is 9.25. The van der Waals surface area contributed by atoms with Gasteiger partial charge in [0.05, 0.1) is 6.20 Å². The first kappa shape index (κ1) is 12.6. The number of hydrogen-bond donors (Lipinski definition) is 2. The van der Waals surface area contributed by atoms with E-state index in [2.05, 4.69) is 23.5 Å². The summed E-state index contributed by atoms with van der Waals surface area (Å²) in [7, 11) is 0. The van der Waals surface area contributed by atoms with E-state index in [0.29, 0.717) is 18.4 Å². The molecule has 1 aliphatic rings. The molecule has 0 spiro atoms. The van der Waals surface area contributed by atoms with Gasteiger partial charge in [-0.25, -0.2) is 0 Å². The molecule has 1 aromatic heterocycles. The quantitative estimate of drug-likeness (QED) is 0.786. The second kappa shape index (κ2) is 6.17. The molecule has 0 bridgehead atoms. The molecule has 17 heavy (non-hydrogen) atoms. The molecule has 2 unspecified atom stereocenters. The summed E-state index contributed by atoms with van der Waals surface area (Å²) in [6.45, 7) is 5.26.